The van der Waals surface area contributed by atoms with Crippen LogP contribution in [0.25, 0.3) is 0 Å². The number of likely N-dealkylation sites (tertiary alicyclic amines) is 2. The van der Waals surface area contributed by atoms with Crippen LogP contribution in [0.15, 0.2) is 0 Å². The maximum atomic E-state index is 12.1. The van der Waals surface area contributed by atoms with Crippen molar-refractivity contribution in [1.82, 2.24) is 9.80 Å². The predicted molar refractivity (Wildman–Crippen MR) is 60.6 cm³/mol. The predicted octanol–water partition coefficient (Wildman–Crippen LogP) is 0.844. The second-order valence-corrected chi connectivity index (χ2v) is 4.74. The summed E-state index contributed by atoms with van der Waals surface area (Å²) in [5, 5.41) is 8.60. The molecule has 0 radical (unpaired) electrons. The number of carbonyl (C=O) groups excluding carboxylic acids is 1. The SMILES string of the molecule is N#CCN1CCC(C(=O)N2CCCC2)CC1. The molecule has 0 atom stereocenters. The van der Waals surface area contributed by atoms with E-state index in [4.69, 9.17) is 5.26 Å². The van der Waals surface area contributed by atoms with Gasteiger partial charge in [0.15, 0.2) is 0 Å². The number of nitrogens with zero attached hydrogens (tertiary/aromatic N) is 3. The molecule has 2 aliphatic rings. The zero-order valence-electron chi connectivity index (χ0n) is 9.69. The molecule has 4 heteroatoms. The normalized spacial score (nSPS) is 23.3. The van der Waals surface area contributed by atoms with Gasteiger partial charge in [-0.05, 0) is 38.8 Å². The first-order valence-corrected chi connectivity index (χ1v) is 6.19. The molecule has 0 N–H and O–H groups in total. The summed E-state index contributed by atoms with van der Waals surface area (Å²) in [7, 11) is 0. The van der Waals surface area contributed by atoms with Crippen molar-refractivity contribution in [3.63, 3.8) is 0 Å². The van der Waals surface area contributed by atoms with Gasteiger partial charge in [-0.1, -0.05) is 0 Å². The van der Waals surface area contributed by atoms with Gasteiger partial charge in [-0.3, -0.25) is 9.69 Å². The van der Waals surface area contributed by atoms with E-state index >= 15 is 0 Å². The van der Waals surface area contributed by atoms with E-state index in [0.717, 1.165) is 39.0 Å². The van der Waals surface area contributed by atoms with Crippen molar-refractivity contribution >= 4 is 5.91 Å². The number of hydrogen-bond donors (Lipinski definition) is 0. The summed E-state index contributed by atoms with van der Waals surface area (Å²) in [5.74, 6) is 0.571. The molecule has 4 nitrogen and oxygen atoms in total. The average molecular weight is 221 g/mol. The monoisotopic (exact) mass is 221 g/mol. The minimum atomic E-state index is 0.216. The molecule has 88 valence electrons. The first-order valence-electron chi connectivity index (χ1n) is 6.19. The smallest absolute Gasteiger partial charge is 0.225 e. The molecular weight excluding hydrogens is 202 g/mol. The van der Waals surface area contributed by atoms with Crippen molar-refractivity contribution in [2.24, 2.45) is 5.92 Å². The van der Waals surface area contributed by atoms with Crippen LogP contribution >= 0.6 is 0 Å². The minimum absolute atomic E-state index is 0.216. The number of carbonyl (C=O) groups is 1. The first kappa shape index (κ1) is 11.4. The van der Waals surface area contributed by atoms with E-state index in [1.807, 2.05) is 4.90 Å². The molecule has 16 heavy (non-hydrogen) atoms. The zero-order chi connectivity index (χ0) is 11.4. The number of amides is 1. The van der Waals surface area contributed by atoms with Gasteiger partial charge in [-0.2, -0.15) is 5.26 Å². The zero-order valence-corrected chi connectivity index (χ0v) is 9.69. The molecule has 2 saturated heterocycles. The Morgan fingerprint density at radius 3 is 2.38 bits per heavy atom. The van der Waals surface area contributed by atoms with Crippen LogP contribution in [0, 0.1) is 17.2 Å². The van der Waals surface area contributed by atoms with Crippen LogP contribution in [0.1, 0.15) is 25.7 Å². The van der Waals surface area contributed by atoms with E-state index in [-0.39, 0.29) is 5.92 Å². The van der Waals surface area contributed by atoms with Crippen LogP contribution in [0.3, 0.4) is 0 Å². The van der Waals surface area contributed by atoms with Gasteiger partial charge in [0, 0.05) is 19.0 Å². The highest BCUT2D eigenvalue weighted by Crippen LogP contribution is 2.21. The number of nitriles is 1. The number of rotatable bonds is 2. The Bertz CT molecular complexity index is 283. The van der Waals surface area contributed by atoms with Gasteiger partial charge in [0.25, 0.3) is 0 Å². The average Bonchev–Trinajstić information content (AvgIpc) is 2.83. The van der Waals surface area contributed by atoms with Crippen molar-refractivity contribution in [2.45, 2.75) is 25.7 Å². The van der Waals surface area contributed by atoms with E-state index in [1.54, 1.807) is 0 Å². The van der Waals surface area contributed by atoms with Crippen LogP contribution < -0.4 is 0 Å². The van der Waals surface area contributed by atoms with Crippen LogP contribution in [-0.2, 0) is 4.79 Å². The lowest BCUT2D eigenvalue weighted by atomic mass is 9.95. The summed E-state index contributed by atoms with van der Waals surface area (Å²) in [6, 6.07) is 2.17. The van der Waals surface area contributed by atoms with Crippen molar-refractivity contribution < 1.29 is 4.79 Å². The lowest BCUT2D eigenvalue weighted by Gasteiger charge is -2.31. The Labute approximate surface area is 96.8 Å². The molecular formula is C12H19N3O. The summed E-state index contributed by atoms with van der Waals surface area (Å²) in [6.45, 7) is 4.22. The Morgan fingerprint density at radius 2 is 1.81 bits per heavy atom. The van der Waals surface area contributed by atoms with Crippen molar-refractivity contribution in [2.75, 3.05) is 32.7 Å². The molecule has 2 aliphatic heterocycles. The van der Waals surface area contributed by atoms with Gasteiger partial charge < -0.3 is 4.90 Å². The van der Waals surface area contributed by atoms with Gasteiger partial charge in [0.2, 0.25) is 5.91 Å². The second-order valence-electron chi connectivity index (χ2n) is 4.74. The molecule has 2 fully saturated rings. The van der Waals surface area contributed by atoms with Gasteiger partial charge >= 0.3 is 0 Å². The van der Waals surface area contributed by atoms with Crippen molar-refractivity contribution in [3.8, 4) is 6.07 Å². The highest BCUT2D eigenvalue weighted by Gasteiger charge is 2.29. The summed E-state index contributed by atoms with van der Waals surface area (Å²) in [4.78, 5) is 16.3. The maximum absolute atomic E-state index is 12.1. The summed E-state index contributed by atoms with van der Waals surface area (Å²) < 4.78 is 0. The van der Waals surface area contributed by atoms with Crippen LogP contribution in [0.2, 0.25) is 0 Å². The third kappa shape index (κ3) is 2.53. The summed E-state index contributed by atoms with van der Waals surface area (Å²) >= 11 is 0. The molecule has 0 aliphatic carbocycles. The fraction of sp³-hybridized carbons (Fsp3) is 0.833. The lowest BCUT2D eigenvalue weighted by Crippen LogP contribution is -2.41. The van der Waals surface area contributed by atoms with Gasteiger partial charge in [-0.25, -0.2) is 0 Å². The molecule has 0 bridgehead atoms. The molecule has 2 rings (SSSR count). The molecule has 0 aromatic heterocycles. The highest BCUT2D eigenvalue weighted by atomic mass is 16.2. The van der Waals surface area contributed by atoms with E-state index in [0.29, 0.717) is 12.5 Å². The van der Waals surface area contributed by atoms with Gasteiger partial charge in [0.05, 0.1) is 12.6 Å². The Kier molecular flexibility index (Phi) is 3.79. The summed E-state index contributed by atoms with van der Waals surface area (Å²) in [6.07, 6.45) is 4.19. The third-order valence-electron chi connectivity index (χ3n) is 3.65. The van der Waals surface area contributed by atoms with Crippen molar-refractivity contribution in [1.29, 1.82) is 5.26 Å². The van der Waals surface area contributed by atoms with E-state index < -0.39 is 0 Å². The van der Waals surface area contributed by atoms with Crippen LogP contribution in [0.4, 0.5) is 0 Å². The van der Waals surface area contributed by atoms with Crippen LogP contribution in [-0.4, -0.2) is 48.4 Å². The summed E-state index contributed by atoms with van der Waals surface area (Å²) in [5.41, 5.74) is 0. The molecule has 0 unspecified atom stereocenters. The van der Waals surface area contributed by atoms with Gasteiger partial charge in [0.1, 0.15) is 0 Å². The quantitative estimate of drug-likeness (QED) is 0.649. The van der Waals surface area contributed by atoms with E-state index in [2.05, 4.69) is 11.0 Å². The molecule has 0 aromatic rings. The molecule has 0 aromatic carbocycles. The van der Waals surface area contributed by atoms with Gasteiger partial charge in [-0.15, -0.1) is 0 Å². The molecule has 0 saturated carbocycles. The fourth-order valence-corrected chi connectivity index (χ4v) is 2.63. The van der Waals surface area contributed by atoms with E-state index in [1.165, 1.54) is 12.8 Å². The Hall–Kier alpha value is -1.08. The first-order chi connectivity index (χ1) is 7.81. The van der Waals surface area contributed by atoms with E-state index in [9.17, 15) is 4.79 Å². The third-order valence-corrected chi connectivity index (χ3v) is 3.65. The highest BCUT2D eigenvalue weighted by molar-refractivity contribution is 5.79. The number of piperidine rings is 1. The Morgan fingerprint density at radius 1 is 1.19 bits per heavy atom. The van der Waals surface area contributed by atoms with Crippen LogP contribution in [0.5, 0.6) is 0 Å². The standard InChI is InChI=1S/C12H19N3O/c13-5-10-14-8-3-11(4-9-14)12(16)15-6-1-2-7-15/h11H,1-4,6-10H2. The number of hydrogen-bond acceptors (Lipinski definition) is 3. The molecule has 0 spiro atoms. The lowest BCUT2D eigenvalue weighted by molar-refractivity contribution is -0.135. The van der Waals surface area contributed by atoms with Crippen molar-refractivity contribution in [3.05, 3.63) is 0 Å². The molecule has 1 amide bonds. The minimum Gasteiger partial charge on any atom is -0.342 e. The second kappa shape index (κ2) is 5.31. The molecule has 2 heterocycles. The Balaban J connectivity index is 1.80. The fourth-order valence-electron chi connectivity index (χ4n) is 2.63. The topological polar surface area (TPSA) is 47.3 Å². The maximum Gasteiger partial charge on any atom is 0.225 e. The largest absolute Gasteiger partial charge is 0.342 e.